The summed E-state index contributed by atoms with van der Waals surface area (Å²) < 4.78 is 22.1. The smallest absolute Gasteiger partial charge is 0.412 e. The molecule has 0 unspecified atom stereocenters. The van der Waals surface area contributed by atoms with Crippen LogP contribution in [0.4, 0.5) is 22.0 Å². The van der Waals surface area contributed by atoms with Gasteiger partial charge in [-0.05, 0) is 39.0 Å². The van der Waals surface area contributed by atoms with Crippen molar-refractivity contribution < 1.29 is 33.6 Å². The highest BCUT2D eigenvalue weighted by Crippen LogP contribution is 2.37. The fourth-order valence-electron chi connectivity index (χ4n) is 3.90. The first-order chi connectivity index (χ1) is 18.6. The predicted molar refractivity (Wildman–Crippen MR) is 148 cm³/mol. The number of carbonyl (C=O) groups excluding carboxylic acids is 1. The Labute approximate surface area is 225 Å². The van der Waals surface area contributed by atoms with Gasteiger partial charge in [-0.25, -0.2) is 14.6 Å². The van der Waals surface area contributed by atoms with Crippen LogP contribution in [0.25, 0.3) is 10.8 Å². The SMILES string of the molecule is COc1cc(Nc2cc(Oc3ccc(NC(=O)OC(C)(C)C)c4ccccc34)ccn2)cc(OC)c1C(=O)O. The molecular formula is C29H29N3O7. The van der Waals surface area contributed by atoms with E-state index >= 15 is 0 Å². The van der Waals surface area contributed by atoms with Crippen LogP contribution >= 0.6 is 0 Å². The summed E-state index contributed by atoms with van der Waals surface area (Å²) in [7, 11) is 2.77. The van der Waals surface area contributed by atoms with Gasteiger partial charge in [-0.15, -0.1) is 0 Å². The van der Waals surface area contributed by atoms with Crippen LogP contribution in [0, 0.1) is 0 Å². The molecule has 0 radical (unpaired) electrons. The molecule has 3 N–H and O–H groups in total. The highest BCUT2D eigenvalue weighted by atomic mass is 16.6. The van der Waals surface area contributed by atoms with Gasteiger partial charge >= 0.3 is 12.1 Å². The molecule has 0 aliphatic rings. The van der Waals surface area contributed by atoms with Gasteiger partial charge in [0.15, 0.2) is 0 Å². The second-order valence-electron chi connectivity index (χ2n) is 9.45. The first kappa shape index (κ1) is 27.1. The van der Waals surface area contributed by atoms with Crippen molar-refractivity contribution >= 4 is 40.0 Å². The topological polar surface area (TPSA) is 128 Å². The minimum absolute atomic E-state index is 0.0768. The summed E-state index contributed by atoms with van der Waals surface area (Å²) in [4.78, 5) is 28.3. The fraction of sp³-hybridized carbons (Fsp3) is 0.207. The Balaban J connectivity index is 1.59. The number of nitrogens with zero attached hydrogens (tertiary/aromatic N) is 1. The molecule has 0 saturated heterocycles. The Morgan fingerprint density at radius 3 is 2.15 bits per heavy atom. The second-order valence-corrected chi connectivity index (χ2v) is 9.45. The number of pyridine rings is 1. The van der Waals surface area contributed by atoms with Gasteiger partial charge < -0.3 is 29.4 Å². The number of benzene rings is 3. The van der Waals surface area contributed by atoms with E-state index in [1.54, 1.807) is 63.4 Å². The van der Waals surface area contributed by atoms with Gasteiger partial charge in [-0.2, -0.15) is 0 Å². The molecule has 3 aromatic carbocycles. The average Bonchev–Trinajstić information content (AvgIpc) is 2.88. The number of amides is 1. The van der Waals surface area contributed by atoms with E-state index in [1.165, 1.54) is 14.2 Å². The number of carboxylic acid groups (broad SMARTS) is 1. The standard InChI is InChI=1S/C29H29N3O7/c1-29(2,3)39-28(35)32-21-10-11-22(20-9-7-6-8-19(20)21)38-18-12-13-30-25(16-18)31-17-14-23(36-4)26(27(33)34)24(15-17)37-5/h6-16H,1-5H3,(H,30,31)(H,32,35)(H,33,34). The number of aromatic nitrogens is 1. The summed E-state index contributed by atoms with van der Waals surface area (Å²) in [6, 6.07) is 17.6. The maximum atomic E-state index is 12.3. The van der Waals surface area contributed by atoms with Crippen LogP contribution in [0.1, 0.15) is 31.1 Å². The monoisotopic (exact) mass is 531 g/mol. The van der Waals surface area contributed by atoms with E-state index in [2.05, 4.69) is 15.6 Å². The lowest BCUT2D eigenvalue weighted by Crippen LogP contribution is -2.27. The number of hydrogen-bond donors (Lipinski definition) is 3. The van der Waals surface area contributed by atoms with E-state index in [1.807, 2.05) is 24.3 Å². The number of carboxylic acids is 1. The molecule has 1 aromatic heterocycles. The Kier molecular flexibility index (Phi) is 7.75. The van der Waals surface area contributed by atoms with Crippen LogP contribution in [-0.2, 0) is 4.74 Å². The van der Waals surface area contributed by atoms with Gasteiger partial charge in [-0.3, -0.25) is 5.32 Å². The van der Waals surface area contributed by atoms with Crippen molar-refractivity contribution in [3.05, 3.63) is 72.4 Å². The van der Waals surface area contributed by atoms with Crippen molar-refractivity contribution in [3.63, 3.8) is 0 Å². The number of hydrogen-bond acceptors (Lipinski definition) is 8. The highest BCUT2D eigenvalue weighted by molar-refractivity contribution is 6.03. The fourth-order valence-corrected chi connectivity index (χ4v) is 3.90. The molecular weight excluding hydrogens is 502 g/mol. The van der Waals surface area contributed by atoms with Crippen LogP contribution in [-0.4, -0.2) is 42.0 Å². The normalized spacial score (nSPS) is 11.0. The third-order valence-corrected chi connectivity index (χ3v) is 5.47. The molecule has 4 rings (SSSR count). The van der Waals surface area contributed by atoms with Gasteiger partial charge in [0, 0.05) is 40.9 Å². The molecule has 10 heteroatoms. The van der Waals surface area contributed by atoms with E-state index in [0.717, 1.165) is 10.8 Å². The summed E-state index contributed by atoms with van der Waals surface area (Å²) in [6.45, 7) is 5.41. The van der Waals surface area contributed by atoms with Crippen LogP contribution in [0.5, 0.6) is 23.0 Å². The van der Waals surface area contributed by atoms with Crippen LogP contribution in [0.15, 0.2) is 66.9 Å². The van der Waals surface area contributed by atoms with Crippen molar-refractivity contribution in [2.45, 2.75) is 26.4 Å². The lowest BCUT2D eigenvalue weighted by molar-refractivity contribution is 0.0634. The Hall–Kier alpha value is -4.99. The molecule has 0 aliphatic heterocycles. The Morgan fingerprint density at radius 2 is 1.54 bits per heavy atom. The first-order valence-electron chi connectivity index (χ1n) is 12.0. The molecule has 0 saturated carbocycles. The van der Waals surface area contributed by atoms with Crippen LogP contribution in [0.2, 0.25) is 0 Å². The predicted octanol–water partition coefficient (Wildman–Crippen LogP) is 6.83. The minimum Gasteiger partial charge on any atom is -0.496 e. The van der Waals surface area contributed by atoms with E-state index in [4.69, 9.17) is 18.9 Å². The number of rotatable bonds is 8. The lowest BCUT2D eigenvalue weighted by Gasteiger charge is -2.20. The third-order valence-electron chi connectivity index (χ3n) is 5.47. The van der Waals surface area contributed by atoms with E-state index < -0.39 is 17.7 Å². The number of fused-ring (bicyclic) bond motifs is 1. The zero-order chi connectivity index (χ0) is 28.2. The third kappa shape index (κ3) is 6.48. The molecule has 202 valence electrons. The lowest BCUT2D eigenvalue weighted by atomic mass is 10.1. The number of ether oxygens (including phenoxy) is 4. The minimum atomic E-state index is -1.16. The molecule has 0 atom stereocenters. The molecule has 0 spiro atoms. The quantitative estimate of drug-likeness (QED) is 0.224. The second kappa shape index (κ2) is 11.2. The van der Waals surface area contributed by atoms with E-state index in [-0.39, 0.29) is 17.1 Å². The molecule has 0 bridgehead atoms. The van der Waals surface area contributed by atoms with Crippen molar-refractivity contribution in [1.29, 1.82) is 0 Å². The number of methoxy groups -OCH3 is 2. The van der Waals surface area contributed by atoms with E-state index in [9.17, 15) is 14.7 Å². The average molecular weight is 532 g/mol. The molecule has 0 fully saturated rings. The highest BCUT2D eigenvalue weighted by Gasteiger charge is 2.20. The zero-order valence-electron chi connectivity index (χ0n) is 22.2. The molecule has 1 amide bonds. The molecule has 4 aromatic rings. The summed E-state index contributed by atoms with van der Waals surface area (Å²) in [6.07, 6.45) is 1.04. The van der Waals surface area contributed by atoms with Crippen molar-refractivity contribution in [2.75, 3.05) is 24.9 Å². The van der Waals surface area contributed by atoms with Crippen molar-refractivity contribution in [1.82, 2.24) is 4.98 Å². The van der Waals surface area contributed by atoms with Crippen molar-refractivity contribution in [3.8, 4) is 23.0 Å². The molecule has 0 aliphatic carbocycles. The van der Waals surface area contributed by atoms with Crippen LogP contribution in [0.3, 0.4) is 0 Å². The number of anilines is 3. The van der Waals surface area contributed by atoms with Gasteiger partial charge in [0.25, 0.3) is 0 Å². The Morgan fingerprint density at radius 1 is 0.872 bits per heavy atom. The largest absolute Gasteiger partial charge is 0.496 e. The summed E-state index contributed by atoms with van der Waals surface area (Å²) in [5, 5.41) is 17.0. The van der Waals surface area contributed by atoms with Gasteiger partial charge in [0.2, 0.25) is 0 Å². The summed E-state index contributed by atoms with van der Waals surface area (Å²) in [5.74, 6) is 0.653. The number of carbonyl (C=O) groups is 2. The molecule has 39 heavy (non-hydrogen) atoms. The van der Waals surface area contributed by atoms with Gasteiger partial charge in [0.1, 0.15) is 40.0 Å². The molecule has 1 heterocycles. The van der Waals surface area contributed by atoms with Gasteiger partial charge in [0.05, 0.1) is 19.9 Å². The first-order valence-corrected chi connectivity index (χ1v) is 12.0. The van der Waals surface area contributed by atoms with Crippen molar-refractivity contribution in [2.24, 2.45) is 0 Å². The number of aromatic carboxylic acids is 1. The van der Waals surface area contributed by atoms with Gasteiger partial charge in [-0.1, -0.05) is 24.3 Å². The molecule has 10 nitrogen and oxygen atoms in total. The number of nitrogens with one attached hydrogen (secondary N) is 2. The summed E-state index contributed by atoms with van der Waals surface area (Å²) >= 11 is 0. The van der Waals surface area contributed by atoms with Crippen LogP contribution < -0.4 is 24.8 Å². The van der Waals surface area contributed by atoms with E-state index in [0.29, 0.717) is 28.7 Å². The Bertz CT molecular complexity index is 1500. The summed E-state index contributed by atoms with van der Waals surface area (Å²) in [5.41, 5.74) is 0.412. The maximum absolute atomic E-state index is 12.3. The zero-order valence-corrected chi connectivity index (χ0v) is 22.2. The maximum Gasteiger partial charge on any atom is 0.412 e.